The molecule has 1 unspecified atom stereocenters. The zero-order valence-electron chi connectivity index (χ0n) is 8.28. The van der Waals surface area contributed by atoms with Gasteiger partial charge in [0.1, 0.15) is 0 Å². The van der Waals surface area contributed by atoms with Crippen molar-refractivity contribution < 1.29 is 15.0 Å². The van der Waals surface area contributed by atoms with Crippen molar-refractivity contribution in [1.29, 1.82) is 0 Å². The Morgan fingerprint density at radius 3 is 2.57 bits per heavy atom. The minimum atomic E-state index is -0.681. The van der Waals surface area contributed by atoms with Gasteiger partial charge in [0.05, 0.1) is 18.1 Å². The van der Waals surface area contributed by atoms with Crippen LogP contribution in [-0.2, 0) is 4.79 Å². The predicted octanol–water partition coefficient (Wildman–Crippen LogP) is -0.115. The number of nitrogens with zero attached hydrogens (tertiary/aromatic N) is 1. The molecule has 4 nitrogen and oxygen atoms in total. The summed E-state index contributed by atoms with van der Waals surface area (Å²) in [6.07, 6.45) is 3.34. The third-order valence-electron chi connectivity index (χ3n) is 3.21. The molecule has 4 heteroatoms. The van der Waals surface area contributed by atoms with Gasteiger partial charge in [-0.25, -0.2) is 0 Å². The van der Waals surface area contributed by atoms with Gasteiger partial charge in [-0.2, -0.15) is 0 Å². The highest BCUT2D eigenvalue weighted by Crippen LogP contribution is 2.31. The number of hydrogen-bond donors (Lipinski definition) is 2. The van der Waals surface area contributed by atoms with Crippen LogP contribution in [-0.4, -0.2) is 45.8 Å². The molecule has 2 fully saturated rings. The van der Waals surface area contributed by atoms with E-state index >= 15 is 0 Å². The molecule has 1 aliphatic heterocycles. The van der Waals surface area contributed by atoms with Crippen molar-refractivity contribution in [3.63, 3.8) is 0 Å². The van der Waals surface area contributed by atoms with Crippen LogP contribution >= 0.6 is 0 Å². The lowest BCUT2D eigenvalue weighted by atomic mass is 10.0. The van der Waals surface area contributed by atoms with Crippen LogP contribution in [0.2, 0.25) is 0 Å². The molecule has 2 aliphatic rings. The highest BCUT2D eigenvalue weighted by atomic mass is 16.3. The number of aliphatic hydroxyl groups is 2. The Balaban J connectivity index is 1.93. The van der Waals surface area contributed by atoms with Crippen molar-refractivity contribution in [2.24, 2.45) is 0 Å². The second-order valence-electron chi connectivity index (χ2n) is 4.56. The van der Waals surface area contributed by atoms with Gasteiger partial charge in [0.25, 0.3) is 0 Å². The first-order valence-corrected chi connectivity index (χ1v) is 5.27. The molecule has 2 rings (SSSR count). The van der Waals surface area contributed by atoms with E-state index in [2.05, 4.69) is 0 Å². The molecule has 1 aliphatic carbocycles. The number of likely N-dealkylation sites (tertiary alicyclic amines) is 1. The first-order valence-electron chi connectivity index (χ1n) is 5.27. The molecule has 0 spiro atoms. The van der Waals surface area contributed by atoms with Gasteiger partial charge in [0.15, 0.2) is 0 Å². The Kier molecular flexibility index (Phi) is 2.49. The zero-order chi connectivity index (χ0) is 10.2. The molecular formula is C10H17NO3. The van der Waals surface area contributed by atoms with Crippen LogP contribution in [0, 0.1) is 0 Å². The van der Waals surface area contributed by atoms with E-state index in [0.717, 1.165) is 25.7 Å². The van der Waals surface area contributed by atoms with Crippen molar-refractivity contribution in [3.05, 3.63) is 0 Å². The van der Waals surface area contributed by atoms with Crippen LogP contribution < -0.4 is 0 Å². The molecule has 0 aromatic carbocycles. The second-order valence-corrected chi connectivity index (χ2v) is 4.56. The van der Waals surface area contributed by atoms with E-state index in [1.165, 1.54) is 0 Å². The van der Waals surface area contributed by atoms with E-state index in [1.807, 2.05) is 0 Å². The minimum absolute atomic E-state index is 0.0298. The zero-order valence-corrected chi connectivity index (χ0v) is 8.28. The first kappa shape index (κ1) is 9.93. The molecule has 0 aromatic heterocycles. The maximum Gasteiger partial charge on any atom is 0.225 e. The standard InChI is InChI=1S/C10H17NO3/c12-8-5-9(13)11(6-8)7-10(14)3-1-2-4-10/h8,12,14H,1-7H2. The normalized spacial score (nSPS) is 31.4. The topological polar surface area (TPSA) is 60.8 Å². The third kappa shape index (κ3) is 1.91. The number of rotatable bonds is 2. The van der Waals surface area contributed by atoms with Gasteiger partial charge in [0.2, 0.25) is 5.91 Å². The fourth-order valence-corrected chi connectivity index (χ4v) is 2.45. The van der Waals surface area contributed by atoms with Gasteiger partial charge in [-0.15, -0.1) is 0 Å². The van der Waals surface area contributed by atoms with Crippen LogP contribution in [0.25, 0.3) is 0 Å². The van der Waals surface area contributed by atoms with E-state index in [4.69, 9.17) is 0 Å². The molecule has 1 saturated carbocycles. The molecule has 1 heterocycles. The average molecular weight is 199 g/mol. The Morgan fingerprint density at radius 1 is 1.43 bits per heavy atom. The average Bonchev–Trinajstić information content (AvgIpc) is 2.61. The molecule has 0 bridgehead atoms. The molecule has 1 atom stereocenters. The number of amides is 1. The summed E-state index contributed by atoms with van der Waals surface area (Å²) in [5, 5.41) is 19.4. The Bertz CT molecular complexity index is 236. The minimum Gasteiger partial charge on any atom is -0.391 e. The first-order chi connectivity index (χ1) is 6.59. The van der Waals surface area contributed by atoms with Crippen LogP contribution in [0.3, 0.4) is 0 Å². The maximum atomic E-state index is 11.4. The molecular weight excluding hydrogens is 182 g/mol. The van der Waals surface area contributed by atoms with Crippen LogP contribution in [0.15, 0.2) is 0 Å². The quantitative estimate of drug-likeness (QED) is 0.652. The van der Waals surface area contributed by atoms with E-state index < -0.39 is 11.7 Å². The predicted molar refractivity (Wildman–Crippen MR) is 50.6 cm³/mol. The highest BCUT2D eigenvalue weighted by molar-refractivity contribution is 5.79. The highest BCUT2D eigenvalue weighted by Gasteiger charge is 2.37. The number of aliphatic hydroxyl groups excluding tert-OH is 1. The molecule has 2 N–H and O–H groups in total. The summed E-state index contributed by atoms with van der Waals surface area (Å²) in [6.45, 7) is 0.796. The number of carbonyl (C=O) groups excluding carboxylic acids is 1. The summed E-state index contributed by atoms with van der Waals surface area (Å²) in [4.78, 5) is 13.0. The lowest BCUT2D eigenvalue weighted by Crippen LogP contribution is -2.42. The van der Waals surface area contributed by atoms with Gasteiger partial charge in [-0.1, -0.05) is 12.8 Å². The Morgan fingerprint density at radius 2 is 2.07 bits per heavy atom. The van der Waals surface area contributed by atoms with Crippen LogP contribution in [0.5, 0.6) is 0 Å². The molecule has 0 aromatic rings. The van der Waals surface area contributed by atoms with E-state index in [1.54, 1.807) is 4.90 Å². The van der Waals surface area contributed by atoms with E-state index in [9.17, 15) is 15.0 Å². The van der Waals surface area contributed by atoms with E-state index in [-0.39, 0.29) is 12.3 Å². The third-order valence-corrected chi connectivity index (χ3v) is 3.21. The van der Waals surface area contributed by atoms with Gasteiger partial charge in [-0.3, -0.25) is 4.79 Å². The number of β-amino-alcohol motifs (C(OH)–C–C–N with tert-alkyl or cyclic N) is 2. The smallest absolute Gasteiger partial charge is 0.225 e. The van der Waals surface area contributed by atoms with Gasteiger partial charge in [0, 0.05) is 13.1 Å². The van der Waals surface area contributed by atoms with Gasteiger partial charge >= 0.3 is 0 Å². The number of carbonyl (C=O) groups is 1. The van der Waals surface area contributed by atoms with E-state index in [0.29, 0.717) is 13.1 Å². The van der Waals surface area contributed by atoms with Crippen molar-refractivity contribution in [2.75, 3.05) is 13.1 Å². The largest absolute Gasteiger partial charge is 0.391 e. The van der Waals surface area contributed by atoms with Crippen LogP contribution in [0.1, 0.15) is 32.1 Å². The summed E-state index contributed by atoms with van der Waals surface area (Å²) in [7, 11) is 0. The molecule has 1 amide bonds. The van der Waals surface area contributed by atoms with Gasteiger partial charge < -0.3 is 15.1 Å². The summed E-state index contributed by atoms with van der Waals surface area (Å²) in [5.74, 6) is -0.0298. The number of hydrogen-bond acceptors (Lipinski definition) is 3. The SMILES string of the molecule is O=C1CC(O)CN1CC1(O)CCCC1. The van der Waals surface area contributed by atoms with Crippen molar-refractivity contribution in [3.8, 4) is 0 Å². The lowest BCUT2D eigenvalue weighted by molar-refractivity contribution is -0.130. The summed E-state index contributed by atoms with van der Waals surface area (Å²) in [5.41, 5.74) is -0.681. The summed E-state index contributed by atoms with van der Waals surface area (Å²) in [6, 6.07) is 0. The second kappa shape index (κ2) is 3.51. The Hall–Kier alpha value is -0.610. The Labute approximate surface area is 83.5 Å². The molecule has 80 valence electrons. The monoisotopic (exact) mass is 199 g/mol. The van der Waals surface area contributed by atoms with Crippen molar-refractivity contribution in [1.82, 2.24) is 4.90 Å². The fourth-order valence-electron chi connectivity index (χ4n) is 2.45. The summed E-state index contributed by atoms with van der Waals surface area (Å²) < 4.78 is 0. The fraction of sp³-hybridized carbons (Fsp3) is 0.900. The molecule has 0 radical (unpaired) electrons. The maximum absolute atomic E-state index is 11.4. The van der Waals surface area contributed by atoms with Crippen molar-refractivity contribution >= 4 is 5.91 Å². The van der Waals surface area contributed by atoms with Crippen LogP contribution in [0.4, 0.5) is 0 Å². The molecule has 1 saturated heterocycles. The van der Waals surface area contributed by atoms with Crippen molar-refractivity contribution in [2.45, 2.75) is 43.8 Å². The summed E-state index contributed by atoms with van der Waals surface area (Å²) >= 11 is 0. The lowest BCUT2D eigenvalue weighted by Gasteiger charge is -2.28. The molecule has 14 heavy (non-hydrogen) atoms. The van der Waals surface area contributed by atoms with Gasteiger partial charge in [-0.05, 0) is 12.8 Å².